The van der Waals surface area contributed by atoms with Gasteiger partial charge in [0.15, 0.2) is 0 Å². The molecular weight excluding hydrogens is 132 g/mol. The lowest BCUT2D eigenvalue weighted by atomic mass is 9.83. The molecule has 0 heterocycles. The molecule has 2 aliphatic carbocycles. The smallest absolute Gasteiger partial charge is 0.0137 e. The van der Waals surface area contributed by atoms with Gasteiger partial charge in [0.25, 0.3) is 0 Å². The summed E-state index contributed by atoms with van der Waals surface area (Å²) in [7, 11) is 0. The summed E-state index contributed by atoms with van der Waals surface area (Å²) in [6, 6.07) is 0. The molecule has 2 rings (SSSR count). The normalized spacial score (nSPS) is 36.2. The van der Waals surface area contributed by atoms with Crippen LogP contribution < -0.4 is 0 Å². The van der Waals surface area contributed by atoms with Gasteiger partial charge in [0, 0.05) is 0 Å². The van der Waals surface area contributed by atoms with Crippen LogP contribution in [0.5, 0.6) is 0 Å². The van der Waals surface area contributed by atoms with Crippen LogP contribution in [0.4, 0.5) is 0 Å². The van der Waals surface area contributed by atoms with E-state index in [1.165, 1.54) is 19.3 Å². The van der Waals surface area contributed by atoms with Crippen LogP contribution in [-0.4, -0.2) is 0 Å². The maximum Gasteiger partial charge on any atom is -0.0137 e. The Bertz CT molecular complexity index is 220. The second-order valence-corrected chi connectivity index (χ2v) is 3.93. The number of rotatable bonds is 0. The van der Waals surface area contributed by atoms with Gasteiger partial charge in [0.05, 0.1) is 0 Å². The average molecular weight is 148 g/mol. The molecule has 0 spiro atoms. The van der Waals surface area contributed by atoms with Crippen molar-refractivity contribution in [2.75, 3.05) is 0 Å². The molecule has 0 aromatic rings. The van der Waals surface area contributed by atoms with Gasteiger partial charge >= 0.3 is 0 Å². The molecule has 0 aliphatic heterocycles. The van der Waals surface area contributed by atoms with E-state index < -0.39 is 0 Å². The summed E-state index contributed by atoms with van der Waals surface area (Å²) >= 11 is 0. The predicted molar refractivity (Wildman–Crippen MR) is 48.3 cm³/mol. The molecule has 11 heavy (non-hydrogen) atoms. The lowest BCUT2D eigenvalue weighted by Gasteiger charge is -2.23. The topological polar surface area (TPSA) is 0 Å². The second-order valence-electron chi connectivity index (χ2n) is 3.93. The van der Waals surface area contributed by atoms with Crippen molar-refractivity contribution in [3.63, 3.8) is 0 Å². The zero-order valence-corrected chi connectivity index (χ0v) is 7.43. The van der Waals surface area contributed by atoms with Crippen LogP contribution in [0.25, 0.3) is 0 Å². The van der Waals surface area contributed by atoms with E-state index in [1.807, 2.05) is 0 Å². The minimum absolute atomic E-state index is 0.802. The fourth-order valence-electron chi connectivity index (χ4n) is 2.48. The molecule has 0 radical (unpaired) electrons. The number of hydrogen-bond acceptors (Lipinski definition) is 0. The first-order valence-corrected chi connectivity index (χ1v) is 4.67. The summed E-state index contributed by atoms with van der Waals surface area (Å²) in [5, 5.41) is 0. The first kappa shape index (κ1) is 7.15. The molecule has 0 aromatic heterocycles. The van der Waals surface area contributed by atoms with E-state index in [1.54, 1.807) is 11.1 Å². The second kappa shape index (κ2) is 2.51. The van der Waals surface area contributed by atoms with Gasteiger partial charge in [0.2, 0.25) is 0 Å². The first-order valence-electron chi connectivity index (χ1n) is 4.67. The molecule has 0 N–H and O–H groups in total. The highest BCUT2D eigenvalue weighted by molar-refractivity contribution is 5.32. The standard InChI is InChI=1S/C11H16/c1-8-6-7-9(2)11-5-3-4-10(8)11/h6-8,10H,3-5H2,1-2H3. The van der Waals surface area contributed by atoms with Gasteiger partial charge in [-0.3, -0.25) is 0 Å². The third kappa shape index (κ3) is 1.05. The van der Waals surface area contributed by atoms with Crippen molar-refractivity contribution in [2.45, 2.75) is 33.1 Å². The van der Waals surface area contributed by atoms with Crippen LogP contribution in [0.1, 0.15) is 33.1 Å². The van der Waals surface area contributed by atoms with Crippen molar-refractivity contribution in [2.24, 2.45) is 11.8 Å². The van der Waals surface area contributed by atoms with Crippen LogP contribution >= 0.6 is 0 Å². The Kier molecular flexibility index (Phi) is 1.63. The third-order valence-corrected chi connectivity index (χ3v) is 3.20. The molecule has 1 saturated carbocycles. The number of fused-ring (bicyclic) bond motifs is 1. The molecule has 0 nitrogen and oxygen atoms in total. The fourth-order valence-corrected chi connectivity index (χ4v) is 2.48. The molecule has 0 heteroatoms. The molecule has 2 atom stereocenters. The van der Waals surface area contributed by atoms with Crippen LogP contribution in [0.2, 0.25) is 0 Å². The Labute approximate surface area is 69.0 Å². The Balaban J connectivity index is 2.34. The highest BCUT2D eigenvalue weighted by atomic mass is 14.3. The molecule has 2 aliphatic rings. The zero-order valence-electron chi connectivity index (χ0n) is 7.43. The van der Waals surface area contributed by atoms with E-state index in [2.05, 4.69) is 26.0 Å². The van der Waals surface area contributed by atoms with Crippen LogP contribution in [0.15, 0.2) is 23.3 Å². The van der Waals surface area contributed by atoms with Gasteiger partial charge in [0.1, 0.15) is 0 Å². The molecule has 1 fully saturated rings. The largest absolute Gasteiger partial charge is 0.0808 e. The lowest BCUT2D eigenvalue weighted by Crippen LogP contribution is -2.11. The molecule has 0 saturated heterocycles. The fraction of sp³-hybridized carbons (Fsp3) is 0.636. The van der Waals surface area contributed by atoms with E-state index in [0.717, 1.165) is 11.8 Å². The predicted octanol–water partition coefficient (Wildman–Crippen LogP) is 3.31. The molecule has 0 bridgehead atoms. The first-order chi connectivity index (χ1) is 5.29. The third-order valence-electron chi connectivity index (χ3n) is 3.20. The monoisotopic (exact) mass is 148 g/mol. The Morgan fingerprint density at radius 3 is 3.00 bits per heavy atom. The summed E-state index contributed by atoms with van der Waals surface area (Å²) in [4.78, 5) is 0. The Hall–Kier alpha value is -0.520. The molecule has 60 valence electrons. The summed E-state index contributed by atoms with van der Waals surface area (Å²) < 4.78 is 0. The number of allylic oxidation sites excluding steroid dienone is 4. The maximum absolute atomic E-state index is 2.37. The van der Waals surface area contributed by atoms with Gasteiger partial charge in [-0.2, -0.15) is 0 Å². The van der Waals surface area contributed by atoms with Crippen molar-refractivity contribution in [3.05, 3.63) is 23.3 Å². The Morgan fingerprint density at radius 1 is 1.45 bits per heavy atom. The van der Waals surface area contributed by atoms with Crippen molar-refractivity contribution >= 4 is 0 Å². The average Bonchev–Trinajstić information content (AvgIpc) is 2.45. The van der Waals surface area contributed by atoms with Crippen molar-refractivity contribution in [1.29, 1.82) is 0 Å². The minimum atomic E-state index is 0.802. The summed E-state index contributed by atoms with van der Waals surface area (Å²) in [5.74, 6) is 1.70. The van der Waals surface area contributed by atoms with Crippen LogP contribution in [0.3, 0.4) is 0 Å². The molecule has 0 aromatic carbocycles. The van der Waals surface area contributed by atoms with Gasteiger partial charge in [-0.05, 0) is 38.0 Å². The van der Waals surface area contributed by atoms with Gasteiger partial charge < -0.3 is 0 Å². The zero-order chi connectivity index (χ0) is 7.84. The number of hydrogen-bond donors (Lipinski definition) is 0. The van der Waals surface area contributed by atoms with Gasteiger partial charge in [-0.1, -0.05) is 30.2 Å². The minimum Gasteiger partial charge on any atom is -0.0808 e. The SMILES string of the molecule is CC1=C2CCCC2C(C)C=C1. The van der Waals surface area contributed by atoms with Crippen molar-refractivity contribution in [1.82, 2.24) is 0 Å². The van der Waals surface area contributed by atoms with E-state index >= 15 is 0 Å². The van der Waals surface area contributed by atoms with E-state index in [4.69, 9.17) is 0 Å². The van der Waals surface area contributed by atoms with Crippen molar-refractivity contribution in [3.8, 4) is 0 Å². The van der Waals surface area contributed by atoms with Crippen LogP contribution in [-0.2, 0) is 0 Å². The quantitative estimate of drug-likeness (QED) is 0.494. The molecular formula is C11H16. The summed E-state index contributed by atoms with van der Waals surface area (Å²) in [6.07, 6.45) is 8.89. The molecule has 0 amide bonds. The lowest BCUT2D eigenvalue weighted by molar-refractivity contribution is 0.488. The van der Waals surface area contributed by atoms with E-state index in [9.17, 15) is 0 Å². The van der Waals surface area contributed by atoms with E-state index in [0.29, 0.717) is 0 Å². The highest BCUT2D eigenvalue weighted by Crippen LogP contribution is 2.41. The Morgan fingerprint density at radius 2 is 2.27 bits per heavy atom. The van der Waals surface area contributed by atoms with Gasteiger partial charge in [-0.15, -0.1) is 0 Å². The molecule has 2 unspecified atom stereocenters. The van der Waals surface area contributed by atoms with Crippen LogP contribution in [0, 0.1) is 11.8 Å². The van der Waals surface area contributed by atoms with Gasteiger partial charge in [-0.25, -0.2) is 0 Å². The summed E-state index contributed by atoms with van der Waals surface area (Å²) in [6.45, 7) is 4.61. The van der Waals surface area contributed by atoms with Crippen molar-refractivity contribution < 1.29 is 0 Å². The maximum atomic E-state index is 2.37. The highest BCUT2D eigenvalue weighted by Gasteiger charge is 2.27. The summed E-state index contributed by atoms with van der Waals surface area (Å²) in [5.41, 5.74) is 3.30. The van der Waals surface area contributed by atoms with E-state index in [-0.39, 0.29) is 0 Å².